The number of benzene rings is 1. The second-order valence-corrected chi connectivity index (χ2v) is 5.73. The number of carbonyl (C=O) groups excluding carboxylic acids is 1. The summed E-state index contributed by atoms with van der Waals surface area (Å²) in [5, 5.41) is 10.4. The molecular formula is C15H20ClNO3. The monoisotopic (exact) mass is 297 g/mol. The molecule has 2 rings (SSSR count). The van der Waals surface area contributed by atoms with Crippen LogP contribution < -0.4 is 4.74 Å². The van der Waals surface area contributed by atoms with Gasteiger partial charge in [-0.1, -0.05) is 24.6 Å². The number of ether oxygens (including phenoxy) is 1. The summed E-state index contributed by atoms with van der Waals surface area (Å²) in [5.74, 6) is 0.766. The van der Waals surface area contributed by atoms with E-state index in [4.69, 9.17) is 16.3 Å². The van der Waals surface area contributed by atoms with Crippen molar-refractivity contribution >= 4 is 17.5 Å². The van der Waals surface area contributed by atoms with Crippen molar-refractivity contribution in [3.05, 3.63) is 28.8 Å². The zero-order valence-electron chi connectivity index (χ0n) is 11.8. The normalized spacial score (nSPS) is 22.7. The number of β-amino-alcohol motifs (C(OH)–C–C–N with tert-alkyl or cyclic N) is 1. The Morgan fingerprint density at radius 2 is 2.30 bits per heavy atom. The maximum absolute atomic E-state index is 12.1. The molecule has 20 heavy (non-hydrogen) atoms. The van der Waals surface area contributed by atoms with Crippen molar-refractivity contribution < 1.29 is 14.6 Å². The lowest BCUT2D eigenvalue weighted by molar-refractivity contribution is -0.137. The van der Waals surface area contributed by atoms with E-state index in [1.807, 2.05) is 13.8 Å². The molecule has 0 spiro atoms. The number of aliphatic hydroxyl groups excluding tert-OH is 1. The van der Waals surface area contributed by atoms with Crippen LogP contribution in [0.5, 0.6) is 5.75 Å². The zero-order chi connectivity index (χ0) is 14.7. The maximum Gasteiger partial charge on any atom is 0.260 e. The van der Waals surface area contributed by atoms with E-state index in [-0.39, 0.29) is 18.4 Å². The van der Waals surface area contributed by atoms with Crippen LogP contribution in [0.15, 0.2) is 18.2 Å². The van der Waals surface area contributed by atoms with Crippen molar-refractivity contribution in [1.29, 1.82) is 0 Å². The first kappa shape index (κ1) is 15.1. The second-order valence-electron chi connectivity index (χ2n) is 5.32. The van der Waals surface area contributed by atoms with Gasteiger partial charge < -0.3 is 14.7 Å². The molecule has 2 unspecified atom stereocenters. The molecule has 2 atom stereocenters. The SMILES string of the molecule is Cc1c(Cl)cccc1OCC(=O)N1CCC(C)C(O)C1. The summed E-state index contributed by atoms with van der Waals surface area (Å²) in [6, 6.07) is 5.37. The third-order valence-electron chi connectivity index (χ3n) is 3.84. The fourth-order valence-corrected chi connectivity index (χ4v) is 2.42. The Bertz CT molecular complexity index is 492. The standard InChI is InChI=1S/C15H20ClNO3/c1-10-6-7-17(8-13(10)18)15(19)9-20-14-5-3-4-12(16)11(14)2/h3-5,10,13,18H,6-9H2,1-2H3. The van der Waals surface area contributed by atoms with Gasteiger partial charge in [0.1, 0.15) is 5.75 Å². The Hall–Kier alpha value is -1.26. The summed E-state index contributed by atoms with van der Waals surface area (Å²) in [5.41, 5.74) is 0.828. The molecule has 0 aromatic heterocycles. The molecule has 4 nitrogen and oxygen atoms in total. The molecular weight excluding hydrogens is 278 g/mol. The predicted octanol–water partition coefficient (Wildman–Crippen LogP) is 2.26. The fraction of sp³-hybridized carbons (Fsp3) is 0.533. The van der Waals surface area contributed by atoms with Crippen LogP contribution in [-0.2, 0) is 4.79 Å². The maximum atomic E-state index is 12.1. The van der Waals surface area contributed by atoms with E-state index >= 15 is 0 Å². The molecule has 0 radical (unpaired) electrons. The smallest absolute Gasteiger partial charge is 0.260 e. The topological polar surface area (TPSA) is 49.8 Å². The number of hydrogen-bond donors (Lipinski definition) is 1. The first-order valence-electron chi connectivity index (χ1n) is 6.82. The fourth-order valence-electron chi connectivity index (χ4n) is 2.25. The Kier molecular flexibility index (Phi) is 4.89. The summed E-state index contributed by atoms with van der Waals surface area (Å²) in [6.07, 6.45) is 0.379. The van der Waals surface area contributed by atoms with Crippen LogP contribution in [0.3, 0.4) is 0 Å². The minimum absolute atomic E-state index is 0.0255. The number of aliphatic hydroxyl groups is 1. The van der Waals surface area contributed by atoms with E-state index in [0.717, 1.165) is 12.0 Å². The van der Waals surface area contributed by atoms with Gasteiger partial charge >= 0.3 is 0 Å². The first-order valence-corrected chi connectivity index (χ1v) is 7.20. The number of likely N-dealkylation sites (tertiary alicyclic amines) is 1. The highest BCUT2D eigenvalue weighted by Crippen LogP contribution is 2.25. The van der Waals surface area contributed by atoms with Crippen LogP contribution in [0, 0.1) is 12.8 Å². The molecule has 1 N–H and O–H groups in total. The number of carbonyl (C=O) groups is 1. The van der Waals surface area contributed by atoms with Gasteiger partial charge in [-0.3, -0.25) is 4.79 Å². The first-order chi connectivity index (χ1) is 9.49. The van der Waals surface area contributed by atoms with E-state index in [1.165, 1.54) is 0 Å². The average Bonchev–Trinajstić information content (AvgIpc) is 2.43. The Labute approximate surface area is 124 Å². The summed E-state index contributed by atoms with van der Waals surface area (Å²) in [6.45, 7) is 4.89. The van der Waals surface area contributed by atoms with Crippen molar-refractivity contribution in [2.75, 3.05) is 19.7 Å². The molecule has 1 aliphatic rings. The third-order valence-corrected chi connectivity index (χ3v) is 4.25. The number of hydrogen-bond acceptors (Lipinski definition) is 3. The molecule has 110 valence electrons. The highest BCUT2D eigenvalue weighted by molar-refractivity contribution is 6.31. The molecule has 0 bridgehead atoms. The Morgan fingerprint density at radius 3 is 3.00 bits per heavy atom. The Morgan fingerprint density at radius 1 is 1.55 bits per heavy atom. The van der Waals surface area contributed by atoms with Gasteiger partial charge in [0.15, 0.2) is 6.61 Å². The third kappa shape index (κ3) is 3.44. The van der Waals surface area contributed by atoms with E-state index in [2.05, 4.69) is 0 Å². The zero-order valence-corrected chi connectivity index (χ0v) is 12.6. The molecule has 0 saturated carbocycles. The predicted molar refractivity (Wildman–Crippen MR) is 78.1 cm³/mol. The van der Waals surface area contributed by atoms with Crippen LogP contribution in [0.4, 0.5) is 0 Å². The van der Waals surface area contributed by atoms with Crippen molar-refractivity contribution in [3.63, 3.8) is 0 Å². The molecule has 1 saturated heterocycles. The summed E-state index contributed by atoms with van der Waals surface area (Å²) in [4.78, 5) is 13.7. The van der Waals surface area contributed by atoms with Gasteiger partial charge in [-0.15, -0.1) is 0 Å². The van der Waals surface area contributed by atoms with Gasteiger partial charge in [0.05, 0.1) is 6.10 Å². The van der Waals surface area contributed by atoms with Crippen LogP contribution in [0.2, 0.25) is 5.02 Å². The quantitative estimate of drug-likeness (QED) is 0.931. The van der Waals surface area contributed by atoms with Gasteiger partial charge in [0, 0.05) is 23.7 Å². The lowest BCUT2D eigenvalue weighted by Crippen LogP contribution is -2.47. The van der Waals surface area contributed by atoms with Gasteiger partial charge in [-0.05, 0) is 31.4 Å². The van der Waals surface area contributed by atoms with Crippen LogP contribution in [-0.4, -0.2) is 41.7 Å². The second kappa shape index (κ2) is 6.46. The molecule has 1 heterocycles. The lowest BCUT2D eigenvalue weighted by Gasteiger charge is -2.34. The van der Waals surface area contributed by atoms with Crippen LogP contribution >= 0.6 is 11.6 Å². The summed E-state index contributed by atoms with van der Waals surface area (Å²) < 4.78 is 5.54. The number of amides is 1. The molecule has 1 aliphatic heterocycles. The molecule has 1 aromatic rings. The number of nitrogens with zero attached hydrogens (tertiary/aromatic N) is 1. The molecule has 1 fully saturated rings. The van der Waals surface area contributed by atoms with E-state index < -0.39 is 6.10 Å². The van der Waals surface area contributed by atoms with E-state index in [1.54, 1.807) is 23.1 Å². The van der Waals surface area contributed by atoms with Gasteiger partial charge in [0.25, 0.3) is 5.91 Å². The highest BCUT2D eigenvalue weighted by Gasteiger charge is 2.27. The minimum atomic E-state index is -0.444. The van der Waals surface area contributed by atoms with Gasteiger partial charge in [-0.2, -0.15) is 0 Å². The van der Waals surface area contributed by atoms with Crippen molar-refractivity contribution in [2.24, 2.45) is 5.92 Å². The minimum Gasteiger partial charge on any atom is -0.483 e. The average molecular weight is 298 g/mol. The molecule has 1 amide bonds. The van der Waals surface area contributed by atoms with E-state index in [9.17, 15) is 9.90 Å². The lowest BCUT2D eigenvalue weighted by atomic mass is 9.96. The highest BCUT2D eigenvalue weighted by atomic mass is 35.5. The van der Waals surface area contributed by atoms with Crippen molar-refractivity contribution in [1.82, 2.24) is 4.90 Å². The van der Waals surface area contributed by atoms with E-state index in [0.29, 0.717) is 23.9 Å². The molecule has 0 aliphatic carbocycles. The van der Waals surface area contributed by atoms with Crippen molar-refractivity contribution in [2.45, 2.75) is 26.4 Å². The summed E-state index contributed by atoms with van der Waals surface area (Å²) in [7, 11) is 0. The molecule has 5 heteroatoms. The van der Waals surface area contributed by atoms with Gasteiger partial charge in [0.2, 0.25) is 0 Å². The van der Waals surface area contributed by atoms with Crippen LogP contribution in [0.1, 0.15) is 18.9 Å². The Balaban J connectivity index is 1.91. The summed E-state index contributed by atoms with van der Waals surface area (Å²) >= 11 is 6.00. The van der Waals surface area contributed by atoms with Crippen molar-refractivity contribution in [3.8, 4) is 5.75 Å². The van der Waals surface area contributed by atoms with Crippen LogP contribution in [0.25, 0.3) is 0 Å². The number of piperidine rings is 1. The molecule has 1 aromatic carbocycles. The van der Waals surface area contributed by atoms with Gasteiger partial charge in [-0.25, -0.2) is 0 Å². The number of rotatable bonds is 3. The largest absolute Gasteiger partial charge is 0.483 e. The number of halogens is 1.